The fourth-order valence-corrected chi connectivity index (χ4v) is 2.59. The summed E-state index contributed by atoms with van der Waals surface area (Å²) in [6.45, 7) is 6.15. The van der Waals surface area contributed by atoms with Crippen LogP contribution in [0.4, 0.5) is 5.69 Å². The summed E-state index contributed by atoms with van der Waals surface area (Å²) in [6, 6.07) is 18.5. The lowest BCUT2D eigenvalue weighted by molar-refractivity contribution is 0.748. The van der Waals surface area contributed by atoms with E-state index in [2.05, 4.69) is 51.8 Å². The lowest BCUT2D eigenvalue weighted by Crippen LogP contribution is -2.25. The van der Waals surface area contributed by atoms with Crippen LogP contribution in [0.1, 0.15) is 12.2 Å². The molecule has 3 aromatic rings. The summed E-state index contributed by atoms with van der Waals surface area (Å²) in [4.78, 5) is 10.4. The molecule has 0 saturated heterocycles. The molecule has 0 atom stereocenters. The quantitative estimate of drug-likeness (QED) is 0.657. The normalized spacial score (nSPS) is 10.8. The van der Waals surface area contributed by atoms with Gasteiger partial charge in [0.1, 0.15) is 5.82 Å². The standard InChI is InChI=1S/C19H22N4/c1-15(13-20)11-12-23(16-7-3-2-4-8-16)14-19-21-17-9-5-6-10-18(17)22-19/h2-10H,1,11-14,20H2,(H,21,22). The van der Waals surface area contributed by atoms with Gasteiger partial charge >= 0.3 is 0 Å². The molecule has 4 nitrogen and oxygen atoms in total. The fraction of sp³-hybridized carbons (Fsp3) is 0.211. The third-order valence-corrected chi connectivity index (χ3v) is 3.92. The summed E-state index contributed by atoms with van der Waals surface area (Å²) in [5.41, 5.74) is 9.98. The van der Waals surface area contributed by atoms with Crippen LogP contribution in [0.2, 0.25) is 0 Å². The number of aromatic amines is 1. The first-order chi connectivity index (χ1) is 11.3. The van der Waals surface area contributed by atoms with Crippen LogP contribution in [0.5, 0.6) is 0 Å². The van der Waals surface area contributed by atoms with E-state index >= 15 is 0 Å². The second-order valence-electron chi connectivity index (χ2n) is 5.66. The molecule has 118 valence electrons. The van der Waals surface area contributed by atoms with Gasteiger partial charge in [0, 0.05) is 18.8 Å². The predicted octanol–water partition coefficient (Wildman–Crippen LogP) is 3.47. The van der Waals surface area contributed by atoms with Crippen LogP contribution in [0, 0.1) is 0 Å². The minimum Gasteiger partial charge on any atom is -0.364 e. The number of H-pyrrole nitrogens is 1. The number of para-hydroxylation sites is 3. The molecular formula is C19H22N4. The number of benzene rings is 2. The molecule has 0 aliphatic carbocycles. The molecular weight excluding hydrogens is 284 g/mol. The number of aromatic nitrogens is 2. The Morgan fingerprint density at radius 2 is 1.83 bits per heavy atom. The van der Waals surface area contributed by atoms with Gasteiger partial charge in [0.15, 0.2) is 0 Å². The zero-order chi connectivity index (χ0) is 16.1. The van der Waals surface area contributed by atoms with E-state index in [1.807, 2.05) is 24.3 Å². The number of nitrogens with one attached hydrogen (secondary N) is 1. The first kappa shape index (κ1) is 15.3. The number of imidazole rings is 1. The molecule has 0 fully saturated rings. The molecule has 23 heavy (non-hydrogen) atoms. The molecule has 0 aliphatic heterocycles. The lowest BCUT2D eigenvalue weighted by Gasteiger charge is -2.24. The van der Waals surface area contributed by atoms with Gasteiger partial charge in [-0.25, -0.2) is 4.98 Å². The third-order valence-electron chi connectivity index (χ3n) is 3.92. The molecule has 0 spiro atoms. The molecule has 0 unspecified atom stereocenters. The molecule has 0 aliphatic rings. The monoisotopic (exact) mass is 306 g/mol. The first-order valence-electron chi connectivity index (χ1n) is 7.86. The Balaban J connectivity index is 1.81. The van der Waals surface area contributed by atoms with E-state index in [9.17, 15) is 0 Å². The van der Waals surface area contributed by atoms with Gasteiger partial charge in [-0.2, -0.15) is 0 Å². The van der Waals surface area contributed by atoms with Crippen LogP contribution in [0.25, 0.3) is 11.0 Å². The maximum absolute atomic E-state index is 5.66. The van der Waals surface area contributed by atoms with E-state index in [1.165, 1.54) is 5.69 Å². The smallest absolute Gasteiger partial charge is 0.126 e. The highest BCUT2D eigenvalue weighted by atomic mass is 15.2. The maximum Gasteiger partial charge on any atom is 0.126 e. The molecule has 1 aromatic heterocycles. The molecule has 3 rings (SSSR count). The van der Waals surface area contributed by atoms with E-state index in [-0.39, 0.29) is 0 Å². The highest BCUT2D eigenvalue weighted by Crippen LogP contribution is 2.19. The zero-order valence-electron chi connectivity index (χ0n) is 13.2. The van der Waals surface area contributed by atoms with Gasteiger partial charge in [0.25, 0.3) is 0 Å². The molecule has 1 heterocycles. The van der Waals surface area contributed by atoms with Gasteiger partial charge in [0.05, 0.1) is 17.6 Å². The van der Waals surface area contributed by atoms with Crippen molar-refractivity contribution in [3.05, 3.63) is 72.6 Å². The highest BCUT2D eigenvalue weighted by molar-refractivity contribution is 5.74. The Morgan fingerprint density at radius 3 is 2.57 bits per heavy atom. The average Bonchev–Trinajstić information content (AvgIpc) is 3.01. The number of nitrogens with zero attached hydrogens (tertiary/aromatic N) is 2. The van der Waals surface area contributed by atoms with E-state index in [0.29, 0.717) is 6.54 Å². The van der Waals surface area contributed by atoms with Crippen LogP contribution in [0.3, 0.4) is 0 Å². The van der Waals surface area contributed by atoms with Crippen LogP contribution in [0.15, 0.2) is 66.7 Å². The molecule has 0 radical (unpaired) electrons. The number of fused-ring (bicyclic) bond motifs is 1. The Labute approximate surface area is 136 Å². The number of hydrogen-bond donors (Lipinski definition) is 2. The van der Waals surface area contributed by atoms with Crippen molar-refractivity contribution in [1.29, 1.82) is 0 Å². The molecule has 0 saturated carbocycles. The molecule has 3 N–H and O–H groups in total. The summed E-state index contributed by atoms with van der Waals surface area (Å²) < 4.78 is 0. The second kappa shape index (κ2) is 7.11. The van der Waals surface area contributed by atoms with Crippen LogP contribution >= 0.6 is 0 Å². The summed E-state index contributed by atoms with van der Waals surface area (Å²) in [7, 11) is 0. The van der Waals surface area contributed by atoms with Crippen LogP contribution < -0.4 is 10.6 Å². The molecule has 0 amide bonds. The fourth-order valence-electron chi connectivity index (χ4n) is 2.59. The summed E-state index contributed by atoms with van der Waals surface area (Å²) in [5.74, 6) is 0.966. The van der Waals surface area contributed by atoms with Gasteiger partial charge < -0.3 is 15.6 Å². The Bertz CT molecular complexity index is 743. The SMILES string of the molecule is C=C(CN)CCN(Cc1nc2ccccc2[nH]1)c1ccccc1. The van der Waals surface area contributed by atoms with Gasteiger partial charge in [-0.15, -0.1) is 0 Å². The maximum atomic E-state index is 5.66. The molecule has 0 bridgehead atoms. The van der Waals surface area contributed by atoms with Gasteiger partial charge in [0.2, 0.25) is 0 Å². The van der Waals surface area contributed by atoms with Crippen molar-refractivity contribution in [2.75, 3.05) is 18.0 Å². The number of hydrogen-bond acceptors (Lipinski definition) is 3. The Kier molecular flexibility index (Phi) is 4.74. The predicted molar refractivity (Wildman–Crippen MR) is 96.4 cm³/mol. The highest BCUT2D eigenvalue weighted by Gasteiger charge is 2.10. The molecule has 4 heteroatoms. The molecule has 2 aromatic carbocycles. The number of nitrogens with two attached hydrogens (primary N) is 1. The van der Waals surface area contributed by atoms with E-state index in [1.54, 1.807) is 0 Å². The van der Waals surface area contributed by atoms with E-state index in [0.717, 1.165) is 41.9 Å². The number of anilines is 1. The van der Waals surface area contributed by atoms with Crippen molar-refractivity contribution >= 4 is 16.7 Å². The topological polar surface area (TPSA) is 57.9 Å². The van der Waals surface area contributed by atoms with E-state index < -0.39 is 0 Å². The second-order valence-corrected chi connectivity index (χ2v) is 5.66. The van der Waals surface area contributed by atoms with Crippen molar-refractivity contribution in [2.24, 2.45) is 5.73 Å². The largest absolute Gasteiger partial charge is 0.364 e. The van der Waals surface area contributed by atoms with Crippen molar-refractivity contribution in [1.82, 2.24) is 9.97 Å². The summed E-state index contributed by atoms with van der Waals surface area (Å²) >= 11 is 0. The van der Waals surface area contributed by atoms with E-state index in [4.69, 9.17) is 5.73 Å². The lowest BCUT2D eigenvalue weighted by atomic mass is 10.2. The first-order valence-corrected chi connectivity index (χ1v) is 7.86. The van der Waals surface area contributed by atoms with Crippen molar-refractivity contribution in [2.45, 2.75) is 13.0 Å². The minimum absolute atomic E-state index is 0.535. The summed E-state index contributed by atoms with van der Waals surface area (Å²) in [6.07, 6.45) is 0.881. The third kappa shape index (κ3) is 3.79. The van der Waals surface area contributed by atoms with Crippen molar-refractivity contribution in [3.63, 3.8) is 0 Å². The van der Waals surface area contributed by atoms with Gasteiger partial charge in [-0.3, -0.25) is 0 Å². The van der Waals surface area contributed by atoms with Crippen molar-refractivity contribution < 1.29 is 0 Å². The van der Waals surface area contributed by atoms with Crippen LogP contribution in [-0.4, -0.2) is 23.1 Å². The average molecular weight is 306 g/mol. The Hall–Kier alpha value is -2.59. The minimum atomic E-state index is 0.535. The zero-order valence-corrected chi connectivity index (χ0v) is 13.2. The summed E-state index contributed by atoms with van der Waals surface area (Å²) in [5, 5.41) is 0. The number of rotatable bonds is 7. The van der Waals surface area contributed by atoms with Crippen molar-refractivity contribution in [3.8, 4) is 0 Å². The van der Waals surface area contributed by atoms with Crippen LogP contribution in [-0.2, 0) is 6.54 Å². The Morgan fingerprint density at radius 1 is 1.09 bits per heavy atom. The van der Waals surface area contributed by atoms with Gasteiger partial charge in [-0.1, -0.05) is 42.5 Å². The van der Waals surface area contributed by atoms with Gasteiger partial charge in [-0.05, 0) is 30.7 Å².